The van der Waals surface area contributed by atoms with Crippen LogP contribution in [-0.2, 0) is 4.74 Å². The van der Waals surface area contributed by atoms with Crippen LogP contribution < -0.4 is 0 Å². The van der Waals surface area contributed by atoms with Crippen molar-refractivity contribution in [2.24, 2.45) is 5.41 Å². The Labute approximate surface area is 119 Å². The smallest absolute Gasteiger partial charge is 0.116 e. The standard InChI is InChI=1S/C17H19NO2/c18-10-17(9-14-7-8-15(17)20-14)16(19)13-5-3-12(4-6-13)11-1-2-11/h3-6,11,14-16,19H,1-2,7-9H2. The van der Waals surface area contributed by atoms with Gasteiger partial charge in [0.05, 0.1) is 18.3 Å². The summed E-state index contributed by atoms with van der Waals surface area (Å²) in [5.41, 5.74) is 1.47. The zero-order chi connectivity index (χ0) is 13.7. The van der Waals surface area contributed by atoms with E-state index in [0.717, 1.165) is 24.3 Å². The maximum absolute atomic E-state index is 10.7. The first-order chi connectivity index (χ1) is 9.73. The molecule has 3 nitrogen and oxygen atoms in total. The largest absolute Gasteiger partial charge is 0.387 e. The Bertz CT molecular complexity index is 557. The topological polar surface area (TPSA) is 53.2 Å². The summed E-state index contributed by atoms with van der Waals surface area (Å²) in [6.45, 7) is 0. The third kappa shape index (κ3) is 1.72. The fourth-order valence-corrected chi connectivity index (χ4v) is 3.87. The van der Waals surface area contributed by atoms with Gasteiger partial charge in [-0.1, -0.05) is 24.3 Å². The fourth-order valence-electron chi connectivity index (χ4n) is 3.87. The lowest BCUT2D eigenvalue weighted by atomic mass is 9.69. The molecule has 3 heteroatoms. The second-order valence-electron chi connectivity index (χ2n) is 6.52. The minimum Gasteiger partial charge on any atom is -0.387 e. The zero-order valence-electron chi connectivity index (χ0n) is 11.5. The fraction of sp³-hybridized carbons (Fsp3) is 0.588. The Kier molecular flexibility index (Phi) is 2.67. The van der Waals surface area contributed by atoms with E-state index in [1.54, 1.807) is 0 Å². The van der Waals surface area contributed by atoms with E-state index in [0.29, 0.717) is 6.42 Å². The van der Waals surface area contributed by atoms with Crippen LogP contribution in [0.25, 0.3) is 0 Å². The Morgan fingerprint density at radius 3 is 2.45 bits per heavy atom. The maximum atomic E-state index is 10.7. The zero-order valence-corrected chi connectivity index (χ0v) is 11.5. The molecular weight excluding hydrogens is 250 g/mol. The van der Waals surface area contributed by atoms with Crippen molar-refractivity contribution in [3.63, 3.8) is 0 Å². The van der Waals surface area contributed by atoms with Crippen LogP contribution in [0.5, 0.6) is 0 Å². The van der Waals surface area contributed by atoms with Gasteiger partial charge in [0.1, 0.15) is 11.5 Å². The third-order valence-electron chi connectivity index (χ3n) is 5.24. The average Bonchev–Trinajstić information content (AvgIpc) is 3.16. The predicted molar refractivity (Wildman–Crippen MR) is 73.9 cm³/mol. The van der Waals surface area contributed by atoms with Crippen molar-refractivity contribution in [1.29, 1.82) is 5.26 Å². The first-order valence-corrected chi connectivity index (χ1v) is 7.57. The Balaban J connectivity index is 1.62. The number of hydrogen-bond donors (Lipinski definition) is 1. The van der Waals surface area contributed by atoms with Crippen LogP contribution in [0.15, 0.2) is 24.3 Å². The van der Waals surface area contributed by atoms with Gasteiger partial charge in [-0.2, -0.15) is 5.26 Å². The van der Waals surface area contributed by atoms with Gasteiger partial charge in [0.25, 0.3) is 0 Å². The molecule has 4 unspecified atom stereocenters. The average molecular weight is 269 g/mol. The van der Waals surface area contributed by atoms with Gasteiger partial charge >= 0.3 is 0 Å². The van der Waals surface area contributed by atoms with Crippen molar-refractivity contribution < 1.29 is 9.84 Å². The number of benzene rings is 1. The Morgan fingerprint density at radius 1 is 1.20 bits per heavy atom. The Hall–Kier alpha value is -1.37. The summed E-state index contributed by atoms with van der Waals surface area (Å²) < 4.78 is 5.81. The Morgan fingerprint density at radius 2 is 1.95 bits per heavy atom. The number of hydrogen-bond acceptors (Lipinski definition) is 3. The molecule has 1 aromatic rings. The van der Waals surface area contributed by atoms with Crippen molar-refractivity contribution in [3.8, 4) is 6.07 Å². The van der Waals surface area contributed by atoms with Crippen molar-refractivity contribution in [2.75, 3.05) is 0 Å². The highest BCUT2D eigenvalue weighted by Gasteiger charge is 2.57. The second kappa shape index (κ2) is 4.31. The van der Waals surface area contributed by atoms with Crippen molar-refractivity contribution >= 4 is 0 Å². The van der Waals surface area contributed by atoms with Crippen molar-refractivity contribution in [2.45, 2.75) is 56.3 Å². The molecular formula is C17H19NO2. The summed E-state index contributed by atoms with van der Waals surface area (Å²) >= 11 is 0. The number of rotatable bonds is 3. The third-order valence-corrected chi connectivity index (χ3v) is 5.24. The van der Waals surface area contributed by atoms with Crippen LogP contribution in [0.4, 0.5) is 0 Å². The number of nitriles is 1. The summed E-state index contributed by atoms with van der Waals surface area (Å²) in [6.07, 6.45) is 4.48. The van der Waals surface area contributed by atoms with Gasteiger partial charge in [0, 0.05) is 0 Å². The molecule has 104 valence electrons. The molecule has 2 bridgehead atoms. The van der Waals surface area contributed by atoms with Gasteiger partial charge in [0.2, 0.25) is 0 Å². The van der Waals surface area contributed by atoms with Gasteiger partial charge in [-0.05, 0) is 49.1 Å². The van der Waals surface area contributed by atoms with E-state index in [-0.39, 0.29) is 12.2 Å². The molecule has 2 aliphatic heterocycles. The molecule has 1 aromatic carbocycles. The van der Waals surface area contributed by atoms with E-state index in [1.165, 1.54) is 18.4 Å². The number of fused-ring (bicyclic) bond motifs is 2. The molecule has 0 aromatic heterocycles. The molecule has 20 heavy (non-hydrogen) atoms. The summed E-state index contributed by atoms with van der Waals surface area (Å²) in [5.74, 6) is 0.719. The monoisotopic (exact) mass is 269 g/mol. The van der Waals surface area contributed by atoms with Gasteiger partial charge in [-0.15, -0.1) is 0 Å². The number of aliphatic hydroxyl groups is 1. The molecule has 4 atom stereocenters. The molecule has 3 fully saturated rings. The lowest BCUT2D eigenvalue weighted by molar-refractivity contribution is 0.00341. The molecule has 4 rings (SSSR count). The maximum Gasteiger partial charge on any atom is 0.116 e. The minimum atomic E-state index is -0.746. The van der Waals surface area contributed by atoms with E-state index >= 15 is 0 Å². The summed E-state index contributed by atoms with van der Waals surface area (Å²) in [5, 5.41) is 20.4. The van der Waals surface area contributed by atoms with Crippen LogP contribution in [0.1, 0.15) is 55.3 Å². The predicted octanol–water partition coefficient (Wildman–Crippen LogP) is 3.06. The van der Waals surface area contributed by atoms with Gasteiger partial charge in [-0.25, -0.2) is 0 Å². The van der Waals surface area contributed by atoms with E-state index < -0.39 is 11.5 Å². The molecule has 0 spiro atoms. The SMILES string of the molecule is N#CC1(C(O)c2ccc(C3CC3)cc2)CC2CCC1O2. The quantitative estimate of drug-likeness (QED) is 0.917. The number of ether oxygens (including phenoxy) is 1. The number of nitrogens with zero attached hydrogens (tertiary/aromatic N) is 1. The minimum absolute atomic E-state index is 0.101. The van der Waals surface area contributed by atoms with Crippen LogP contribution in [0.3, 0.4) is 0 Å². The molecule has 3 aliphatic rings. The van der Waals surface area contributed by atoms with Crippen LogP contribution >= 0.6 is 0 Å². The van der Waals surface area contributed by atoms with E-state index in [2.05, 4.69) is 18.2 Å². The molecule has 2 heterocycles. The molecule has 1 saturated carbocycles. The molecule has 1 aliphatic carbocycles. The highest BCUT2D eigenvalue weighted by atomic mass is 16.5. The van der Waals surface area contributed by atoms with Gasteiger partial charge in [-0.3, -0.25) is 0 Å². The van der Waals surface area contributed by atoms with Gasteiger partial charge < -0.3 is 9.84 Å². The normalized spacial score (nSPS) is 36.8. The summed E-state index contributed by atoms with van der Waals surface area (Å²) in [6, 6.07) is 10.6. The second-order valence-corrected chi connectivity index (χ2v) is 6.52. The number of aliphatic hydroxyl groups excluding tert-OH is 1. The summed E-state index contributed by atoms with van der Waals surface area (Å²) in [7, 11) is 0. The molecule has 0 radical (unpaired) electrons. The van der Waals surface area contributed by atoms with Crippen molar-refractivity contribution in [1.82, 2.24) is 0 Å². The highest BCUT2D eigenvalue weighted by Crippen LogP contribution is 2.54. The summed E-state index contributed by atoms with van der Waals surface area (Å²) in [4.78, 5) is 0. The first-order valence-electron chi connectivity index (χ1n) is 7.57. The van der Waals surface area contributed by atoms with Crippen LogP contribution in [-0.4, -0.2) is 17.3 Å². The lowest BCUT2D eigenvalue weighted by Crippen LogP contribution is -2.37. The van der Waals surface area contributed by atoms with E-state index in [1.807, 2.05) is 12.1 Å². The van der Waals surface area contributed by atoms with Crippen LogP contribution in [0.2, 0.25) is 0 Å². The first kappa shape index (κ1) is 12.4. The highest BCUT2D eigenvalue weighted by molar-refractivity contribution is 5.32. The lowest BCUT2D eigenvalue weighted by Gasteiger charge is -2.33. The van der Waals surface area contributed by atoms with Gasteiger partial charge in [0.15, 0.2) is 0 Å². The van der Waals surface area contributed by atoms with E-state index in [9.17, 15) is 10.4 Å². The molecule has 1 N–H and O–H groups in total. The molecule has 0 amide bonds. The molecule has 2 saturated heterocycles. The van der Waals surface area contributed by atoms with Crippen molar-refractivity contribution in [3.05, 3.63) is 35.4 Å². The van der Waals surface area contributed by atoms with E-state index in [4.69, 9.17) is 4.74 Å². The van der Waals surface area contributed by atoms with Crippen LogP contribution in [0, 0.1) is 16.7 Å².